The Kier molecular flexibility index (Phi) is 8.10. The highest BCUT2D eigenvalue weighted by atomic mass is 79.9. The van der Waals surface area contributed by atoms with Crippen LogP contribution in [0.3, 0.4) is 0 Å². The minimum Gasteiger partial charge on any atom is -0.379 e. The number of hydrogen-bond acceptors (Lipinski definition) is 6. The normalized spacial score (nSPS) is 14.8. The largest absolute Gasteiger partial charge is 0.379 e. The number of hydrogen-bond donors (Lipinski definition) is 1. The third-order valence-electron chi connectivity index (χ3n) is 5.46. The van der Waals surface area contributed by atoms with Crippen LogP contribution in [0.25, 0.3) is 0 Å². The van der Waals surface area contributed by atoms with Crippen LogP contribution in [-0.2, 0) is 29.6 Å². The molecule has 190 valence electrons. The SMILES string of the molecule is O=C(CN(c1cccc(Br)c1)S(=O)(=O)c1ccccc1)Nc1ccc(S(=O)(=O)N2CCOCC2)cc1. The van der Waals surface area contributed by atoms with Crippen LogP contribution in [0.15, 0.2) is 93.1 Å². The first-order valence-electron chi connectivity index (χ1n) is 11.0. The molecular weight excluding hydrogens is 570 g/mol. The summed E-state index contributed by atoms with van der Waals surface area (Å²) in [5.74, 6) is -0.585. The van der Waals surface area contributed by atoms with Crippen LogP contribution in [0.5, 0.6) is 0 Å². The van der Waals surface area contributed by atoms with Crippen LogP contribution in [-0.4, -0.2) is 59.9 Å². The minimum absolute atomic E-state index is 0.0513. The minimum atomic E-state index is -4.04. The molecule has 1 aliphatic heterocycles. The summed E-state index contributed by atoms with van der Waals surface area (Å²) in [5, 5.41) is 2.65. The Labute approximate surface area is 218 Å². The Balaban J connectivity index is 1.53. The van der Waals surface area contributed by atoms with E-state index in [1.807, 2.05) is 0 Å². The molecule has 0 aliphatic carbocycles. The van der Waals surface area contributed by atoms with Gasteiger partial charge in [-0.3, -0.25) is 9.10 Å². The van der Waals surface area contributed by atoms with Gasteiger partial charge in [0.05, 0.1) is 28.7 Å². The van der Waals surface area contributed by atoms with Gasteiger partial charge in [0.2, 0.25) is 15.9 Å². The van der Waals surface area contributed by atoms with Crippen LogP contribution in [0.2, 0.25) is 0 Å². The number of benzene rings is 3. The van der Waals surface area contributed by atoms with Gasteiger partial charge in [0.15, 0.2) is 0 Å². The van der Waals surface area contributed by atoms with E-state index < -0.39 is 32.5 Å². The molecule has 1 saturated heterocycles. The molecule has 1 fully saturated rings. The van der Waals surface area contributed by atoms with Gasteiger partial charge in [-0.1, -0.05) is 40.2 Å². The summed E-state index contributed by atoms with van der Waals surface area (Å²) in [6, 6.07) is 20.3. The maximum atomic E-state index is 13.4. The van der Waals surface area contributed by atoms with E-state index >= 15 is 0 Å². The predicted octanol–water partition coefficient (Wildman–Crippen LogP) is 3.30. The fourth-order valence-corrected chi connectivity index (χ4v) is 6.87. The third-order valence-corrected chi connectivity index (χ3v) is 9.65. The Bertz CT molecular complexity index is 1430. The predicted molar refractivity (Wildman–Crippen MR) is 140 cm³/mol. The van der Waals surface area contributed by atoms with Gasteiger partial charge in [-0.25, -0.2) is 16.8 Å². The zero-order valence-corrected chi connectivity index (χ0v) is 22.3. The number of morpholine rings is 1. The second-order valence-corrected chi connectivity index (χ2v) is 12.6. The number of nitrogens with one attached hydrogen (secondary N) is 1. The molecule has 0 radical (unpaired) electrons. The van der Waals surface area contributed by atoms with Crippen molar-refractivity contribution in [1.82, 2.24) is 4.31 Å². The fourth-order valence-electron chi connectivity index (χ4n) is 3.64. The molecule has 1 aliphatic rings. The molecule has 0 spiro atoms. The van der Waals surface area contributed by atoms with Crippen molar-refractivity contribution in [1.29, 1.82) is 0 Å². The Hall–Kier alpha value is -2.77. The second-order valence-electron chi connectivity index (χ2n) is 7.89. The smallest absolute Gasteiger partial charge is 0.264 e. The lowest BCUT2D eigenvalue weighted by atomic mass is 10.3. The van der Waals surface area contributed by atoms with Gasteiger partial charge in [0.25, 0.3) is 10.0 Å². The Morgan fingerprint density at radius 1 is 0.889 bits per heavy atom. The van der Waals surface area contributed by atoms with E-state index in [-0.39, 0.29) is 22.9 Å². The Morgan fingerprint density at radius 2 is 1.56 bits per heavy atom. The highest BCUT2D eigenvalue weighted by Crippen LogP contribution is 2.26. The highest BCUT2D eigenvalue weighted by Gasteiger charge is 2.28. The van der Waals surface area contributed by atoms with E-state index in [1.54, 1.807) is 42.5 Å². The van der Waals surface area contributed by atoms with E-state index in [2.05, 4.69) is 21.2 Å². The average Bonchev–Trinajstić information content (AvgIpc) is 2.88. The van der Waals surface area contributed by atoms with Gasteiger partial charge in [-0.15, -0.1) is 0 Å². The van der Waals surface area contributed by atoms with E-state index in [0.29, 0.717) is 29.1 Å². The van der Waals surface area contributed by atoms with Crippen LogP contribution in [0, 0.1) is 0 Å². The molecular formula is C24H24BrN3O6S2. The van der Waals surface area contributed by atoms with Gasteiger partial charge >= 0.3 is 0 Å². The van der Waals surface area contributed by atoms with Crippen LogP contribution >= 0.6 is 15.9 Å². The second kappa shape index (κ2) is 11.1. The first-order chi connectivity index (χ1) is 17.2. The zero-order valence-electron chi connectivity index (χ0n) is 19.1. The van der Waals surface area contributed by atoms with Crippen LogP contribution in [0.4, 0.5) is 11.4 Å². The number of halogens is 1. The monoisotopic (exact) mass is 593 g/mol. The van der Waals surface area contributed by atoms with Crippen LogP contribution < -0.4 is 9.62 Å². The number of rotatable bonds is 8. The molecule has 0 unspecified atom stereocenters. The molecule has 0 bridgehead atoms. The molecule has 3 aromatic carbocycles. The van der Waals surface area contributed by atoms with Gasteiger partial charge in [0.1, 0.15) is 6.54 Å². The molecule has 4 rings (SSSR count). The lowest BCUT2D eigenvalue weighted by molar-refractivity contribution is -0.114. The lowest BCUT2D eigenvalue weighted by Gasteiger charge is -2.26. The van der Waals surface area contributed by atoms with E-state index in [1.165, 1.54) is 40.7 Å². The van der Waals surface area contributed by atoms with Gasteiger partial charge < -0.3 is 10.1 Å². The van der Waals surface area contributed by atoms with Gasteiger partial charge in [0, 0.05) is 23.2 Å². The summed E-state index contributed by atoms with van der Waals surface area (Å²) >= 11 is 3.34. The Morgan fingerprint density at radius 3 is 2.19 bits per heavy atom. The van der Waals surface area contributed by atoms with Crippen molar-refractivity contribution in [3.8, 4) is 0 Å². The van der Waals surface area contributed by atoms with Crippen molar-refractivity contribution in [3.63, 3.8) is 0 Å². The molecule has 1 amide bonds. The molecule has 1 N–H and O–H groups in total. The first-order valence-corrected chi connectivity index (χ1v) is 14.7. The topological polar surface area (TPSA) is 113 Å². The quantitative estimate of drug-likeness (QED) is 0.429. The molecule has 1 heterocycles. The highest BCUT2D eigenvalue weighted by molar-refractivity contribution is 9.10. The summed E-state index contributed by atoms with van der Waals surface area (Å²) in [7, 11) is -7.71. The molecule has 0 atom stereocenters. The maximum Gasteiger partial charge on any atom is 0.264 e. The van der Waals surface area contributed by atoms with Crippen molar-refractivity contribution in [3.05, 3.63) is 83.3 Å². The third kappa shape index (κ3) is 5.95. The summed E-state index contributed by atoms with van der Waals surface area (Å²) in [6.07, 6.45) is 0. The summed E-state index contributed by atoms with van der Waals surface area (Å²) in [4.78, 5) is 13.1. The van der Waals surface area contributed by atoms with Crippen LogP contribution in [0.1, 0.15) is 0 Å². The van der Waals surface area contributed by atoms with Crippen molar-refractivity contribution < 1.29 is 26.4 Å². The van der Waals surface area contributed by atoms with E-state index in [4.69, 9.17) is 4.74 Å². The molecule has 12 heteroatoms. The molecule has 0 aromatic heterocycles. The number of carbonyl (C=O) groups is 1. The molecule has 36 heavy (non-hydrogen) atoms. The number of anilines is 2. The average molecular weight is 595 g/mol. The number of ether oxygens (including phenoxy) is 1. The van der Waals surface area contributed by atoms with E-state index in [9.17, 15) is 21.6 Å². The molecule has 3 aromatic rings. The number of sulfonamides is 2. The molecule has 0 saturated carbocycles. The van der Waals surface area contributed by atoms with Gasteiger partial charge in [-0.2, -0.15) is 4.31 Å². The summed E-state index contributed by atoms with van der Waals surface area (Å²) in [5.41, 5.74) is 0.655. The first kappa shape index (κ1) is 26.3. The standard InChI is InChI=1S/C24H24BrN3O6S2/c25-19-5-4-6-21(17-19)28(36(32,33)22-7-2-1-3-8-22)18-24(29)26-20-9-11-23(12-10-20)35(30,31)27-13-15-34-16-14-27/h1-12,17H,13-16,18H2,(H,26,29). The lowest BCUT2D eigenvalue weighted by Crippen LogP contribution is -2.40. The fraction of sp³-hybridized carbons (Fsp3) is 0.208. The van der Waals surface area contributed by atoms with Crippen molar-refractivity contribution in [2.75, 3.05) is 42.5 Å². The number of carbonyl (C=O) groups excluding carboxylic acids is 1. The van der Waals surface area contributed by atoms with Crippen molar-refractivity contribution >= 4 is 53.3 Å². The van der Waals surface area contributed by atoms with Crippen molar-refractivity contribution in [2.24, 2.45) is 0 Å². The van der Waals surface area contributed by atoms with Crippen molar-refractivity contribution in [2.45, 2.75) is 9.79 Å². The maximum absolute atomic E-state index is 13.4. The van der Waals surface area contributed by atoms with E-state index in [0.717, 1.165) is 4.31 Å². The summed E-state index contributed by atoms with van der Waals surface area (Å²) in [6.45, 7) is 0.757. The number of nitrogens with zero attached hydrogens (tertiary/aromatic N) is 2. The molecule has 9 nitrogen and oxygen atoms in total. The summed E-state index contributed by atoms with van der Waals surface area (Å²) < 4.78 is 60.6. The van der Waals surface area contributed by atoms with Gasteiger partial charge in [-0.05, 0) is 54.6 Å². The number of amides is 1. The zero-order chi connectivity index (χ0) is 25.8.